The first-order valence-electron chi connectivity index (χ1n) is 9.20. The van der Waals surface area contributed by atoms with Crippen LogP contribution in [0.2, 0.25) is 0 Å². The molecule has 7 heteroatoms. The molecule has 1 saturated heterocycles. The Hall–Kier alpha value is -1.99. The van der Waals surface area contributed by atoms with E-state index in [4.69, 9.17) is 0 Å². The quantitative estimate of drug-likeness (QED) is 0.844. The van der Waals surface area contributed by atoms with E-state index in [1.165, 1.54) is 6.07 Å². The fourth-order valence-corrected chi connectivity index (χ4v) is 5.93. The molecule has 2 aromatic carbocycles. The molecule has 0 amide bonds. The molecule has 27 heavy (non-hydrogen) atoms. The molecule has 4 rings (SSSR count). The lowest BCUT2D eigenvalue weighted by molar-refractivity contribution is 0.415. The number of halogens is 2. The minimum absolute atomic E-state index is 0.0610. The first-order chi connectivity index (χ1) is 12.9. The van der Waals surface area contributed by atoms with Crippen molar-refractivity contribution in [2.45, 2.75) is 36.5 Å². The minimum Gasteiger partial charge on any atom is -0.380 e. The van der Waals surface area contributed by atoms with Crippen LogP contribution in [0, 0.1) is 11.6 Å². The number of sulfonamides is 1. The Kier molecular flexibility index (Phi) is 4.90. The summed E-state index contributed by atoms with van der Waals surface area (Å²) in [6.45, 7) is 0.710. The smallest absolute Gasteiger partial charge is 0.217 e. The van der Waals surface area contributed by atoms with E-state index in [0.29, 0.717) is 18.8 Å². The molecular formula is C20H22F2N2O2S. The second kappa shape index (κ2) is 7.20. The van der Waals surface area contributed by atoms with Gasteiger partial charge in [-0.15, -0.1) is 0 Å². The first kappa shape index (κ1) is 18.4. The number of nitrogens with zero attached hydrogens (tertiary/aromatic N) is 1. The van der Waals surface area contributed by atoms with Gasteiger partial charge in [-0.05, 0) is 30.5 Å². The van der Waals surface area contributed by atoms with Gasteiger partial charge in [0, 0.05) is 36.8 Å². The summed E-state index contributed by atoms with van der Waals surface area (Å²) in [7, 11) is -3.32. The maximum atomic E-state index is 13.6. The Morgan fingerprint density at radius 1 is 0.963 bits per heavy atom. The van der Waals surface area contributed by atoms with Gasteiger partial charge in [0.15, 0.2) is 11.6 Å². The van der Waals surface area contributed by atoms with Crippen LogP contribution in [0.4, 0.5) is 14.5 Å². The summed E-state index contributed by atoms with van der Waals surface area (Å²) in [5.41, 5.74) is 1.48. The molecule has 0 unspecified atom stereocenters. The molecule has 2 fully saturated rings. The van der Waals surface area contributed by atoms with Crippen molar-refractivity contribution in [3.63, 3.8) is 0 Å². The Morgan fingerprint density at radius 3 is 2.33 bits per heavy atom. The van der Waals surface area contributed by atoms with Crippen molar-refractivity contribution >= 4 is 15.7 Å². The third-order valence-electron chi connectivity index (χ3n) is 5.62. The van der Waals surface area contributed by atoms with Crippen LogP contribution in [0.5, 0.6) is 0 Å². The van der Waals surface area contributed by atoms with E-state index >= 15 is 0 Å². The van der Waals surface area contributed by atoms with Crippen LogP contribution in [0.1, 0.15) is 30.7 Å². The zero-order valence-corrected chi connectivity index (χ0v) is 15.6. The fourth-order valence-electron chi connectivity index (χ4n) is 3.84. The van der Waals surface area contributed by atoms with Gasteiger partial charge in [0.25, 0.3) is 0 Å². The minimum atomic E-state index is -3.32. The van der Waals surface area contributed by atoms with Gasteiger partial charge in [-0.3, -0.25) is 0 Å². The Labute approximate surface area is 158 Å². The van der Waals surface area contributed by atoms with E-state index in [1.54, 1.807) is 4.31 Å². The van der Waals surface area contributed by atoms with Crippen LogP contribution in [-0.2, 0) is 10.0 Å². The zero-order chi connectivity index (χ0) is 19.0. The van der Waals surface area contributed by atoms with E-state index in [-0.39, 0.29) is 17.2 Å². The second-order valence-electron chi connectivity index (χ2n) is 7.31. The molecule has 2 aliphatic rings. The van der Waals surface area contributed by atoms with Gasteiger partial charge in [-0.2, -0.15) is 4.31 Å². The molecule has 2 atom stereocenters. The topological polar surface area (TPSA) is 49.4 Å². The summed E-state index contributed by atoms with van der Waals surface area (Å²) in [6.07, 6.45) is 2.39. The van der Waals surface area contributed by atoms with Crippen molar-refractivity contribution in [1.29, 1.82) is 0 Å². The number of hydrogen-bond acceptors (Lipinski definition) is 3. The fraction of sp³-hybridized carbons (Fsp3) is 0.400. The zero-order valence-electron chi connectivity index (χ0n) is 14.8. The van der Waals surface area contributed by atoms with Gasteiger partial charge in [-0.1, -0.05) is 36.8 Å². The summed E-state index contributed by atoms with van der Waals surface area (Å²) in [5.74, 6) is -1.89. The van der Waals surface area contributed by atoms with Crippen LogP contribution in [0.25, 0.3) is 0 Å². The molecule has 1 aliphatic heterocycles. The summed E-state index contributed by atoms with van der Waals surface area (Å²) >= 11 is 0. The third kappa shape index (κ3) is 3.58. The van der Waals surface area contributed by atoms with Crippen LogP contribution >= 0.6 is 0 Å². The predicted octanol–water partition coefficient (Wildman–Crippen LogP) is 3.73. The molecule has 1 aliphatic carbocycles. The van der Waals surface area contributed by atoms with Crippen LogP contribution < -0.4 is 5.32 Å². The predicted molar refractivity (Wildman–Crippen MR) is 101 cm³/mol. The molecule has 144 valence electrons. The molecule has 0 aromatic heterocycles. The highest BCUT2D eigenvalue weighted by molar-refractivity contribution is 7.89. The van der Waals surface area contributed by atoms with Crippen molar-refractivity contribution in [2.24, 2.45) is 0 Å². The van der Waals surface area contributed by atoms with Crippen molar-refractivity contribution in [1.82, 2.24) is 4.31 Å². The molecule has 1 heterocycles. The highest BCUT2D eigenvalue weighted by atomic mass is 32.2. The molecule has 0 radical (unpaired) electrons. The number of nitrogens with one attached hydrogen (secondary N) is 1. The average Bonchev–Trinajstić information content (AvgIpc) is 3.02. The number of hydrogen-bond donors (Lipinski definition) is 1. The summed E-state index contributed by atoms with van der Waals surface area (Å²) in [5, 5.41) is 2.94. The monoisotopic (exact) mass is 392 g/mol. The summed E-state index contributed by atoms with van der Waals surface area (Å²) in [4.78, 5) is 0. The lowest BCUT2D eigenvalue weighted by atomic mass is 9.94. The SMILES string of the molecule is O=S(=O)(C1CCC1)N1C[C@H](c2ccccc2)[C@H](Nc2ccc(F)c(F)c2)C1. The van der Waals surface area contributed by atoms with Crippen molar-refractivity contribution < 1.29 is 17.2 Å². The van der Waals surface area contributed by atoms with E-state index in [1.807, 2.05) is 30.3 Å². The van der Waals surface area contributed by atoms with E-state index in [2.05, 4.69) is 5.32 Å². The third-order valence-corrected chi connectivity index (χ3v) is 7.95. The van der Waals surface area contributed by atoms with Gasteiger partial charge in [0.05, 0.1) is 5.25 Å². The molecule has 2 aromatic rings. The average molecular weight is 392 g/mol. The molecule has 1 saturated carbocycles. The highest BCUT2D eigenvalue weighted by Crippen LogP contribution is 2.36. The van der Waals surface area contributed by atoms with Gasteiger partial charge >= 0.3 is 0 Å². The van der Waals surface area contributed by atoms with Gasteiger partial charge < -0.3 is 5.32 Å². The Morgan fingerprint density at radius 2 is 1.70 bits per heavy atom. The second-order valence-corrected chi connectivity index (χ2v) is 9.52. The summed E-state index contributed by atoms with van der Waals surface area (Å²) < 4.78 is 54.1. The molecule has 1 N–H and O–H groups in total. The number of anilines is 1. The first-order valence-corrected chi connectivity index (χ1v) is 10.7. The van der Waals surface area contributed by atoms with Gasteiger partial charge in [0.2, 0.25) is 10.0 Å². The van der Waals surface area contributed by atoms with Crippen LogP contribution in [0.15, 0.2) is 48.5 Å². The van der Waals surface area contributed by atoms with E-state index in [9.17, 15) is 17.2 Å². The summed E-state index contributed by atoms with van der Waals surface area (Å²) in [6, 6.07) is 13.2. The number of rotatable bonds is 5. The lowest BCUT2D eigenvalue weighted by Crippen LogP contribution is -2.41. The van der Waals surface area contributed by atoms with Crippen molar-refractivity contribution in [3.05, 3.63) is 65.7 Å². The Balaban J connectivity index is 1.61. The Bertz CT molecular complexity index is 917. The van der Waals surface area contributed by atoms with Crippen LogP contribution in [-0.4, -0.2) is 37.1 Å². The normalized spacial score (nSPS) is 23.9. The molecular weight excluding hydrogens is 370 g/mol. The maximum Gasteiger partial charge on any atom is 0.217 e. The van der Waals surface area contributed by atoms with Crippen molar-refractivity contribution in [3.8, 4) is 0 Å². The largest absolute Gasteiger partial charge is 0.380 e. The van der Waals surface area contributed by atoms with Crippen LogP contribution in [0.3, 0.4) is 0 Å². The van der Waals surface area contributed by atoms with Crippen molar-refractivity contribution in [2.75, 3.05) is 18.4 Å². The van der Waals surface area contributed by atoms with Gasteiger partial charge in [-0.25, -0.2) is 17.2 Å². The standard InChI is InChI=1S/C20H22F2N2O2S/c21-18-10-9-15(11-19(18)22)23-20-13-24(27(25,26)16-7-4-8-16)12-17(20)14-5-2-1-3-6-14/h1-3,5-6,9-11,16-17,20,23H,4,7-8,12-13H2/t17-,20-/m1/s1. The molecule has 0 spiro atoms. The maximum absolute atomic E-state index is 13.6. The van der Waals surface area contributed by atoms with Gasteiger partial charge in [0.1, 0.15) is 0 Å². The van der Waals surface area contributed by atoms with E-state index in [0.717, 1.165) is 37.0 Å². The van der Waals surface area contributed by atoms with E-state index < -0.39 is 21.7 Å². The molecule has 0 bridgehead atoms. The highest BCUT2D eigenvalue weighted by Gasteiger charge is 2.44. The number of benzene rings is 2. The molecule has 4 nitrogen and oxygen atoms in total. The lowest BCUT2D eigenvalue weighted by Gasteiger charge is -2.29.